The number of nitrogens with one attached hydrogen (secondary N) is 1. The van der Waals surface area contributed by atoms with Crippen LogP contribution in [0.4, 0.5) is 5.95 Å². The fourth-order valence-electron chi connectivity index (χ4n) is 2.47. The first kappa shape index (κ1) is 15.4. The lowest BCUT2D eigenvalue weighted by molar-refractivity contribution is 0.0546. The van der Waals surface area contributed by atoms with Crippen molar-refractivity contribution >= 4 is 11.9 Å². The third kappa shape index (κ3) is 4.01. The van der Waals surface area contributed by atoms with Gasteiger partial charge in [0.1, 0.15) is 0 Å². The second-order valence-electron chi connectivity index (χ2n) is 5.53. The molecule has 1 fully saturated rings. The highest BCUT2D eigenvalue weighted by atomic mass is 16.3. The molecule has 0 saturated carbocycles. The van der Waals surface area contributed by atoms with E-state index in [9.17, 15) is 9.90 Å². The molecule has 1 aliphatic heterocycles. The molecule has 2 N–H and O–H groups in total. The lowest BCUT2D eigenvalue weighted by Gasteiger charge is -2.29. The molecule has 0 atom stereocenters. The number of pyridine rings is 1. The molecule has 7 heteroatoms. The number of rotatable bonds is 4. The first-order valence-electron chi connectivity index (χ1n) is 7.64. The quantitative estimate of drug-likeness (QED) is 0.878. The molecule has 1 saturated heterocycles. The van der Waals surface area contributed by atoms with Crippen molar-refractivity contribution in [3.63, 3.8) is 0 Å². The lowest BCUT2D eigenvalue weighted by atomic mass is 10.1. The van der Waals surface area contributed by atoms with Gasteiger partial charge in [0.05, 0.1) is 11.7 Å². The molecule has 2 aromatic rings. The van der Waals surface area contributed by atoms with E-state index in [4.69, 9.17) is 0 Å². The highest BCUT2D eigenvalue weighted by Crippen LogP contribution is 2.13. The molecule has 0 bridgehead atoms. The molecule has 2 aromatic heterocycles. The Labute approximate surface area is 134 Å². The van der Waals surface area contributed by atoms with Gasteiger partial charge in [0.25, 0.3) is 5.91 Å². The SMILES string of the molecule is O=C(c1cnc(NCc2cccnc2)nc1)N1CCC(O)CC1. The van der Waals surface area contributed by atoms with Crippen LogP contribution in [0.25, 0.3) is 0 Å². The highest BCUT2D eigenvalue weighted by Gasteiger charge is 2.22. The molecular weight excluding hydrogens is 294 g/mol. The van der Waals surface area contributed by atoms with Crippen molar-refractivity contribution in [3.05, 3.63) is 48.0 Å². The van der Waals surface area contributed by atoms with Gasteiger partial charge in [-0.15, -0.1) is 0 Å². The van der Waals surface area contributed by atoms with Crippen molar-refractivity contribution in [2.24, 2.45) is 0 Å². The van der Waals surface area contributed by atoms with E-state index in [2.05, 4.69) is 20.3 Å². The molecule has 3 rings (SSSR count). The molecule has 0 unspecified atom stereocenters. The molecule has 120 valence electrons. The summed E-state index contributed by atoms with van der Waals surface area (Å²) in [6.07, 6.45) is 7.51. The van der Waals surface area contributed by atoms with Gasteiger partial charge in [0.15, 0.2) is 0 Å². The molecule has 0 aliphatic carbocycles. The molecule has 0 radical (unpaired) electrons. The van der Waals surface area contributed by atoms with Gasteiger partial charge in [-0.1, -0.05) is 6.07 Å². The van der Waals surface area contributed by atoms with E-state index < -0.39 is 0 Å². The van der Waals surface area contributed by atoms with Gasteiger partial charge < -0.3 is 15.3 Å². The van der Waals surface area contributed by atoms with Crippen LogP contribution in [0.1, 0.15) is 28.8 Å². The number of carbonyl (C=O) groups is 1. The van der Waals surface area contributed by atoms with Crippen molar-refractivity contribution in [2.75, 3.05) is 18.4 Å². The number of anilines is 1. The van der Waals surface area contributed by atoms with Crippen LogP contribution in [0.5, 0.6) is 0 Å². The van der Waals surface area contributed by atoms with Gasteiger partial charge in [-0.25, -0.2) is 9.97 Å². The molecule has 0 spiro atoms. The Bertz CT molecular complexity index is 639. The maximum absolute atomic E-state index is 12.3. The van der Waals surface area contributed by atoms with Crippen LogP contribution >= 0.6 is 0 Å². The molecule has 23 heavy (non-hydrogen) atoms. The topological polar surface area (TPSA) is 91.2 Å². The lowest BCUT2D eigenvalue weighted by Crippen LogP contribution is -2.40. The first-order valence-corrected chi connectivity index (χ1v) is 7.64. The summed E-state index contributed by atoms with van der Waals surface area (Å²) in [5.74, 6) is 0.384. The zero-order chi connectivity index (χ0) is 16.1. The van der Waals surface area contributed by atoms with Gasteiger partial charge in [-0.2, -0.15) is 0 Å². The van der Waals surface area contributed by atoms with E-state index >= 15 is 0 Å². The van der Waals surface area contributed by atoms with Crippen LogP contribution in [-0.4, -0.2) is 50.1 Å². The van der Waals surface area contributed by atoms with E-state index in [1.165, 1.54) is 12.4 Å². The summed E-state index contributed by atoms with van der Waals surface area (Å²) in [7, 11) is 0. The summed E-state index contributed by atoms with van der Waals surface area (Å²) >= 11 is 0. The van der Waals surface area contributed by atoms with Crippen molar-refractivity contribution < 1.29 is 9.90 Å². The summed E-state index contributed by atoms with van der Waals surface area (Å²) in [5, 5.41) is 12.6. The van der Waals surface area contributed by atoms with Crippen LogP contribution in [0.3, 0.4) is 0 Å². The van der Waals surface area contributed by atoms with Crippen LogP contribution in [0.2, 0.25) is 0 Å². The minimum absolute atomic E-state index is 0.0873. The fourth-order valence-corrected chi connectivity index (χ4v) is 2.47. The van der Waals surface area contributed by atoms with Crippen LogP contribution < -0.4 is 5.32 Å². The van der Waals surface area contributed by atoms with Crippen LogP contribution in [0, 0.1) is 0 Å². The molecule has 1 aliphatic rings. The second-order valence-corrected chi connectivity index (χ2v) is 5.53. The van der Waals surface area contributed by atoms with Gasteiger partial charge in [0, 0.05) is 44.4 Å². The maximum Gasteiger partial charge on any atom is 0.256 e. The minimum atomic E-state index is -0.297. The number of nitrogens with zero attached hydrogens (tertiary/aromatic N) is 4. The maximum atomic E-state index is 12.3. The average molecular weight is 313 g/mol. The van der Waals surface area contributed by atoms with E-state index in [-0.39, 0.29) is 12.0 Å². The number of carbonyl (C=O) groups excluding carboxylic acids is 1. The number of amides is 1. The Morgan fingerprint density at radius 1 is 1.26 bits per heavy atom. The number of aromatic nitrogens is 3. The molecular formula is C16H19N5O2. The molecule has 3 heterocycles. The van der Waals surface area contributed by atoms with E-state index in [1.54, 1.807) is 17.3 Å². The van der Waals surface area contributed by atoms with E-state index in [0.29, 0.717) is 44.0 Å². The minimum Gasteiger partial charge on any atom is -0.393 e. The van der Waals surface area contributed by atoms with E-state index in [0.717, 1.165) is 5.56 Å². The summed E-state index contributed by atoms with van der Waals surface area (Å²) in [6, 6.07) is 3.83. The third-order valence-corrected chi connectivity index (χ3v) is 3.82. The van der Waals surface area contributed by atoms with Gasteiger partial charge in [-0.3, -0.25) is 9.78 Å². The monoisotopic (exact) mass is 313 g/mol. The van der Waals surface area contributed by atoms with Crippen molar-refractivity contribution in [3.8, 4) is 0 Å². The Hall–Kier alpha value is -2.54. The van der Waals surface area contributed by atoms with Crippen molar-refractivity contribution in [1.29, 1.82) is 0 Å². The predicted octanol–water partition coefficient (Wildman–Crippen LogP) is 1.08. The van der Waals surface area contributed by atoms with Gasteiger partial charge >= 0.3 is 0 Å². The number of likely N-dealkylation sites (tertiary alicyclic amines) is 1. The average Bonchev–Trinajstić information content (AvgIpc) is 2.61. The predicted molar refractivity (Wildman–Crippen MR) is 84.7 cm³/mol. The highest BCUT2D eigenvalue weighted by molar-refractivity contribution is 5.93. The number of piperidine rings is 1. The van der Waals surface area contributed by atoms with Gasteiger partial charge in [-0.05, 0) is 24.5 Å². The van der Waals surface area contributed by atoms with Crippen LogP contribution in [0.15, 0.2) is 36.9 Å². The Balaban J connectivity index is 1.57. The standard InChI is InChI=1S/C16H19N5O2/c22-14-3-6-21(7-4-14)15(23)13-10-19-16(20-11-13)18-9-12-2-1-5-17-8-12/h1-2,5,8,10-11,14,22H,3-4,6-7,9H2,(H,18,19,20). The number of hydrogen-bond acceptors (Lipinski definition) is 6. The first-order chi connectivity index (χ1) is 11.2. The summed E-state index contributed by atoms with van der Waals surface area (Å²) in [5.41, 5.74) is 1.50. The normalized spacial score (nSPS) is 15.4. The van der Waals surface area contributed by atoms with Gasteiger partial charge in [0.2, 0.25) is 5.95 Å². The van der Waals surface area contributed by atoms with Crippen molar-refractivity contribution in [1.82, 2.24) is 19.9 Å². The summed E-state index contributed by atoms with van der Waals surface area (Å²) < 4.78 is 0. The Morgan fingerprint density at radius 3 is 2.65 bits per heavy atom. The summed E-state index contributed by atoms with van der Waals surface area (Å²) in [4.78, 5) is 26.5. The zero-order valence-electron chi connectivity index (χ0n) is 12.7. The molecule has 1 amide bonds. The number of aliphatic hydroxyl groups excluding tert-OH is 1. The summed E-state index contributed by atoms with van der Waals surface area (Å²) in [6.45, 7) is 1.72. The molecule has 0 aromatic carbocycles. The Kier molecular flexibility index (Phi) is 4.77. The molecule has 7 nitrogen and oxygen atoms in total. The smallest absolute Gasteiger partial charge is 0.256 e. The number of aliphatic hydroxyl groups is 1. The van der Waals surface area contributed by atoms with Crippen molar-refractivity contribution in [2.45, 2.75) is 25.5 Å². The van der Waals surface area contributed by atoms with Crippen LogP contribution in [-0.2, 0) is 6.54 Å². The third-order valence-electron chi connectivity index (χ3n) is 3.82. The Morgan fingerprint density at radius 2 is 2.00 bits per heavy atom. The second kappa shape index (κ2) is 7.15. The van der Waals surface area contributed by atoms with E-state index in [1.807, 2.05) is 12.1 Å². The largest absolute Gasteiger partial charge is 0.393 e. The fraction of sp³-hybridized carbons (Fsp3) is 0.375. The number of hydrogen-bond donors (Lipinski definition) is 2. The zero-order valence-corrected chi connectivity index (χ0v) is 12.7.